The average molecular weight is 267 g/mol. The molecule has 1 unspecified atom stereocenters. The standard InChI is InChI=1S/C11H11F2N5O/c1-5(8-6(12)3-2-4-7(8)13)15-10(19)9-16-11(14)18-17-9/h2-5H,1H3,(H,15,19)(H3,14,16,17,18). The van der Waals surface area contributed by atoms with Crippen LogP contribution in [0.2, 0.25) is 0 Å². The third kappa shape index (κ3) is 2.67. The van der Waals surface area contributed by atoms with Gasteiger partial charge in [-0.1, -0.05) is 6.07 Å². The minimum Gasteiger partial charge on any atom is -0.366 e. The normalized spacial score (nSPS) is 12.2. The predicted molar refractivity (Wildman–Crippen MR) is 63.0 cm³/mol. The van der Waals surface area contributed by atoms with E-state index in [1.807, 2.05) is 0 Å². The fraction of sp³-hybridized carbons (Fsp3) is 0.182. The van der Waals surface area contributed by atoms with Gasteiger partial charge in [-0.3, -0.25) is 9.89 Å². The van der Waals surface area contributed by atoms with Gasteiger partial charge in [-0.25, -0.2) is 8.78 Å². The van der Waals surface area contributed by atoms with Gasteiger partial charge < -0.3 is 11.1 Å². The van der Waals surface area contributed by atoms with Crippen molar-refractivity contribution in [2.75, 3.05) is 5.73 Å². The Morgan fingerprint density at radius 1 is 1.42 bits per heavy atom. The number of nitrogen functional groups attached to an aromatic ring is 1. The number of halogens is 2. The molecular formula is C11H11F2N5O. The molecule has 0 aliphatic carbocycles. The van der Waals surface area contributed by atoms with Crippen LogP contribution in [0.15, 0.2) is 18.2 Å². The second kappa shape index (κ2) is 5.01. The number of anilines is 1. The summed E-state index contributed by atoms with van der Waals surface area (Å²) in [5.41, 5.74) is 5.03. The summed E-state index contributed by atoms with van der Waals surface area (Å²) >= 11 is 0. The van der Waals surface area contributed by atoms with E-state index in [4.69, 9.17) is 5.73 Å². The van der Waals surface area contributed by atoms with Gasteiger partial charge in [-0.2, -0.15) is 4.98 Å². The molecule has 0 spiro atoms. The topological polar surface area (TPSA) is 96.7 Å². The summed E-state index contributed by atoms with van der Waals surface area (Å²) in [5, 5.41) is 8.19. The fourth-order valence-electron chi connectivity index (χ4n) is 1.64. The van der Waals surface area contributed by atoms with Crippen molar-refractivity contribution in [2.45, 2.75) is 13.0 Å². The van der Waals surface area contributed by atoms with Crippen LogP contribution in [0.4, 0.5) is 14.7 Å². The summed E-state index contributed by atoms with van der Waals surface area (Å²) in [5.74, 6) is -2.33. The summed E-state index contributed by atoms with van der Waals surface area (Å²) in [6.45, 7) is 1.46. The van der Waals surface area contributed by atoms with E-state index in [9.17, 15) is 13.6 Å². The minimum atomic E-state index is -0.861. The molecule has 8 heteroatoms. The van der Waals surface area contributed by atoms with Gasteiger partial charge in [-0.15, -0.1) is 5.10 Å². The molecule has 0 radical (unpaired) electrons. The lowest BCUT2D eigenvalue weighted by atomic mass is 10.1. The maximum absolute atomic E-state index is 13.5. The molecule has 2 rings (SSSR count). The van der Waals surface area contributed by atoms with E-state index in [2.05, 4.69) is 20.5 Å². The summed E-state index contributed by atoms with van der Waals surface area (Å²) in [6, 6.07) is 2.63. The number of H-pyrrole nitrogens is 1. The molecule has 1 aromatic carbocycles. The predicted octanol–water partition coefficient (Wildman–Crippen LogP) is 1.16. The first-order chi connectivity index (χ1) is 8.99. The Bertz CT molecular complexity index is 593. The third-order valence-electron chi connectivity index (χ3n) is 2.50. The van der Waals surface area contributed by atoms with Gasteiger partial charge in [0, 0.05) is 5.56 Å². The first-order valence-electron chi connectivity index (χ1n) is 5.41. The molecule has 1 heterocycles. The summed E-state index contributed by atoms with van der Waals surface area (Å²) in [7, 11) is 0. The van der Waals surface area contributed by atoms with Gasteiger partial charge in [0.2, 0.25) is 11.8 Å². The van der Waals surface area contributed by atoms with E-state index in [0.717, 1.165) is 12.1 Å². The van der Waals surface area contributed by atoms with Crippen LogP contribution in [0, 0.1) is 11.6 Å². The Kier molecular flexibility index (Phi) is 3.41. The molecule has 1 aromatic heterocycles. The van der Waals surface area contributed by atoms with Crippen molar-refractivity contribution in [2.24, 2.45) is 0 Å². The largest absolute Gasteiger partial charge is 0.366 e. The number of hydrogen-bond donors (Lipinski definition) is 3. The first-order valence-corrected chi connectivity index (χ1v) is 5.41. The summed E-state index contributed by atoms with van der Waals surface area (Å²) in [6.07, 6.45) is 0. The van der Waals surface area contributed by atoms with Crippen molar-refractivity contribution in [3.8, 4) is 0 Å². The Morgan fingerprint density at radius 2 is 2.05 bits per heavy atom. The van der Waals surface area contributed by atoms with Gasteiger partial charge in [-0.05, 0) is 19.1 Å². The zero-order chi connectivity index (χ0) is 14.0. The van der Waals surface area contributed by atoms with Gasteiger partial charge in [0.1, 0.15) is 11.6 Å². The molecule has 0 saturated carbocycles. The number of aromatic nitrogens is 3. The molecule has 6 nitrogen and oxygen atoms in total. The smallest absolute Gasteiger partial charge is 0.289 e. The number of hydrogen-bond acceptors (Lipinski definition) is 4. The van der Waals surface area contributed by atoms with Crippen molar-refractivity contribution >= 4 is 11.9 Å². The number of carbonyl (C=O) groups is 1. The maximum atomic E-state index is 13.5. The maximum Gasteiger partial charge on any atom is 0.289 e. The van der Waals surface area contributed by atoms with Gasteiger partial charge in [0.05, 0.1) is 6.04 Å². The molecule has 0 bridgehead atoms. The monoisotopic (exact) mass is 267 g/mol. The quantitative estimate of drug-likeness (QED) is 0.777. The van der Waals surface area contributed by atoms with Crippen LogP contribution in [0.5, 0.6) is 0 Å². The molecule has 4 N–H and O–H groups in total. The second-order valence-corrected chi connectivity index (χ2v) is 3.87. The Morgan fingerprint density at radius 3 is 2.58 bits per heavy atom. The van der Waals surface area contributed by atoms with Crippen LogP contribution in [0.3, 0.4) is 0 Å². The van der Waals surface area contributed by atoms with Crippen molar-refractivity contribution in [3.05, 3.63) is 41.2 Å². The number of benzene rings is 1. The van der Waals surface area contributed by atoms with E-state index >= 15 is 0 Å². The molecule has 0 fully saturated rings. The van der Waals surface area contributed by atoms with Gasteiger partial charge in [0.25, 0.3) is 5.91 Å². The van der Waals surface area contributed by atoms with Gasteiger partial charge >= 0.3 is 0 Å². The lowest BCUT2D eigenvalue weighted by molar-refractivity contribution is 0.0928. The summed E-state index contributed by atoms with van der Waals surface area (Å²) < 4.78 is 27.0. The number of aromatic amines is 1. The van der Waals surface area contributed by atoms with Crippen molar-refractivity contribution in [1.29, 1.82) is 0 Å². The lowest BCUT2D eigenvalue weighted by Gasteiger charge is -2.14. The van der Waals surface area contributed by atoms with Crippen molar-refractivity contribution in [1.82, 2.24) is 20.5 Å². The second-order valence-electron chi connectivity index (χ2n) is 3.87. The third-order valence-corrected chi connectivity index (χ3v) is 2.50. The van der Waals surface area contributed by atoms with Crippen LogP contribution in [0.1, 0.15) is 29.1 Å². The average Bonchev–Trinajstić information content (AvgIpc) is 2.75. The van der Waals surface area contributed by atoms with Crippen LogP contribution in [-0.4, -0.2) is 21.1 Å². The van der Waals surface area contributed by atoms with Crippen LogP contribution in [0.25, 0.3) is 0 Å². The highest BCUT2D eigenvalue weighted by atomic mass is 19.1. The highest BCUT2D eigenvalue weighted by Crippen LogP contribution is 2.20. The molecule has 1 atom stereocenters. The van der Waals surface area contributed by atoms with Crippen molar-refractivity contribution < 1.29 is 13.6 Å². The van der Waals surface area contributed by atoms with Crippen LogP contribution >= 0.6 is 0 Å². The van der Waals surface area contributed by atoms with Crippen LogP contribution < -0.4 is 11.1 Å². The zero-order valence-corrected chi connectivity index (χ0v) is 9.95. The van der Waals surface area contributed by atoms with E-state index in [0.29, 0.717) is 0 Å². The molecular weight excluding hydrogens is 256 g/mol. The zero-order valence-electron chi connectivity index (χ0n) is 9.95. The Hall–Kier alpha value is -2.51. The highest BCUT2D eigenvalue weighted by Gasteiger charge is 2.20. The molecule has 0 saturated heterocycles. The molecule has 0 aliphatic heterocycles. The minimum absolute atomic E-state index is 0.0881. The van der Waals surface area contributed by atoms with E-state index in [1.54, 1.807) is 0 Å². The van der Waals surface area contributed by atoms with Gasteiger partial charge in [0.15, 0.2) is 0 Å². The molecule has 2 aromatic rings. The number of carbonyl (C=O) groups excluding carboxylic acids is 1. The molecule has 0 aliphatic rings. The number of nitrogens with two attached hydrogens (primary N) is 1. The Balaban J connectivity index is 2.17. The highest BCUT2D eigenvalue weighted by molar-refractivity contribution is 5.90. The SMILES string of the molecule is CC(NC(=O)c1nc(N)n[nH]1)c1c(F)cccc1F. The Labute approximate surface area is 107 Å². The number of amides is 1. The van der Waals surface area contributed by atoms with E-state index in [1.165, 1.54) is 13.0 Å². The molecule has 19 heavy (non-hydrogen) atoms. The van der Waals surface area contributed by atoms with E-state index in [-0.39, 0.29) is 17.3 Å². The van der Waals surface area contributed by atoms with Crippen molar-refractivity contribution in [3.63, 3.8) is 0 Å². The number of nitrogens with one attached hydrogen (secondary N) is 2. The van der Waals surface area contributed by atoms with E-state index < -0.39 is 23.6 Å². The van der Waals surface area contributed by atoms with Crippen LogP contribution in [-0.2, 0) is 0 Å². The first kappa shape index (κ1) is 12.9. The number of nitrogens with zero attached hydrogens (tertiary/aromatic N) is 2. The molecule has 1 amide bonds. The number of rotatable bonds is 3. The lowest BCUT2D eigenvalue weighted by Crippen LogP contribution is -2.28. The molecule has 100 valence electrons. The summed E-state index contributed by atoms with van der Waals surface area (Å²) in [4.78, 5) is 15.3. The fourth-order valence-corrected chi connectivity index (χ4v) is 1.64.